The second-order valence-electron chi connectivity index (χ2n) is 8.40. The minimum absolute atomic E-state index is 0.0740. The number of carbonyl (C=O) groups is 3. The van der Waals surface area contributed by atoms with Crippen LogP contribution in [0, 0.1) is 0 Å². The molecule has 0 aromatic heterocycles. The first-order chi connectivity index (χ1) is 18.6. The zero-order chi connectivity index (χ0) is 28.0. The highest BCUT2D eigenvalue weighted by Crippen LogP contribution is 2.32. The van der Waals surface area contributed by atoms with Crippen molar-refractivity contribution in [1.82, 2.24) is 4.90 Å². The number of aromatic carboxylic acids is 1. The van der Waals surface area contributed by atoms with Gasteiger partial charge >= 0.3 is 11.5 Å². The molecule has 2 amide bonds. The molecule has 0 bridgehead atoms. The van der Waals surface area contributed by atoms with Crippen LogP contribution in [-0.2, 0) is 16.0 Å². The summed E-state index contributed by atoms with van der Waals surface area (Å²) >= 11 is 5.91. The number of ether oxygens (including phenoxy) is 1. The number of benzene rings is 3. The van der Waals surface area contributed by atoms with Gasteiger partial charge in [0.1, 0.15) is 11.0 Å². The number of amidine groups is 1. The predicted octanol–water partition coefficient (Wildman–Crippen LogP) is 5.76. The number of aliphatic imine (C=N–C) groups is 1. The lowest BCUT2D eigenvalue weighted by molar-refractivity contribution is -0.129. The molecule has 1 atom stereocenters. The molecule has 39 heavy (non-hydrogen) atoms. The second-order valence-corrected chi connectivity index (χ2v) is 10.0. The zero-order valence-electron chi connectivity index (χ0n) is 20.2. The van der Waals surface area contributed by atoms with E-state index in [0.29, 0.717) is 24.3 Å². The minimum Gasteiger partial charge on any atom is -0.478 e. The maximum Gasteiger partial charge on any atom is 0.487 e. The molecule has 12 heteroatoms. The van der Waals surface area contributed by atoms with Crippen molar-refractivity contribution in [3.8, 4) is 5.75 Å². The summed E-state index contributed by atoms with van der Waals surface area (Å²) in [6.45, 7) is 0.319. The normalized spacial score (nSPS) is 16.7. The molecule has 1 fully saturated rings. The standard InChI is InChI=1S/C27H22ClF2N3O5S/c28-27(29,30)38-21-12-10-20(11-13-21)32-26-33(15-14-17-4-2-1-3-5-17)23(34)16-22(39-26)24(35)31-19-8-6-18(7-9-19)25(36)37/h1-13,22H,14-16H2,(H,31,35)(H,36,37)/t22-/m1/s1. The second kappa shape index (κ2) is 12.3. The number of rotatable bonds is 9. The van der Waals surface area contributed by atoms with Crippen LogP contribution in [0.3, 0.4) is 0 Å². The third-order valence-electron chi connectivity index (χ3n) is 5.59. The number of hydrogen-bond acceptors (Lipinski definition) is 6. The fraction of sp³-hybridized carbons (Fsp3) is 0.185. The van der Waals surface area contributed by atoms with Crippen LogP contribution in [0.5, 0.6) is 5.75 Å². The first-order valence-electron chi connectivity index (χ1n) is 11.7. The summed E-state index contributed by atoms with van der Waals surface area (Å²) in [5.74, 6) is -2.00. The Morgan fingerprint density at radius 3 is 2.36 bits per heavy atom. The van der Waals surface area contributed by atoms with E-state index in [1.54, 1.807) is 0 Å². The lowest BCUT2D eigenvalue weighted by atomic mass is 10.1. The van der Waals surface area contributed by atoms with Gasteiger partial charge in [0.2, 0.25) is 11.8 Å². The molecule has 1 aliphatic rings. The fourth-order valence-corrected chi connectivity index (χ4v) is 4.91. The molecular formula is C27H22ClF2N3O5S. The van der Waals surface area contributed by atoms with Gasteiger partial charge in [-0.25, -0.2) is 9.79 Å². The van der Waals surface area contributed by atoms with Crippen molar-refractivity contribution in [1.29, 1.82) is 0 Å². The third kappa shape index (κ3) is 8.01. The van der Waals surface area contributed by atoms with Gasteiger partial charge in [-0.2, -0.15) is 0 Å². The number of halogens is 3. The first kappa shape index (κ1) is 28.1. The average Bonchev–Trinajstić information content (AvgIpc) is 2.89. The zero-order valence-corrected chi connectivity index (χ0v) is 21.8. The highest BCUT2D eigenvalue weighted by atomic mass is 35.5. The SMILES string of the molecule is O=C(O)c1ccc(NC(=O)[C@H]2CC(=O)N(CCc3ccccc3)C(=Nc3ccc(OC(F)(F)Cl)cc3)S2)cc1. The number of anilines is 1. The number of carboxylic acids is 1. The van der Waals surface area contributed by atoms with E-state index in [1.807, 2.05) is 30.3 Å². The molecule has 8 nitrogen and oxygen atoms in total. The predicted molar refractivity (Wildman–Crippen MR) is 145 cm³/mol. The molecule has 3 aromatic carbocycles. The minimum atomic E-state index is -3.86. The van der Waals surface area contributed by atoms with Crippen LogP contribution >= 0.6 is 23.4 Å². The van der Waals surface area contributed by atoms with Gasteiger partial charge in [-0.1, -0.05) is 42.1 Å². The largest absolute Gasteiger partial charge is 0.487 e. The van der Waals surface area contributed by atoms with Crippen LogP contribution < -0.4 is 10.1 Å². The Balaban J connectivity index is 1.54. The fourth-order valence-electron chi connectivity index (χ4n) is 3.70. The number of carboxylic acid groups (broad SMARTS) is 1. The first-order valence-corrected chi connectivity index (χ1v) is 12.9. The lowest BCUT2D eigenvalue weighted by Crippen LogP contribution is -2.46. The molecule has 0 aliphatic carbocycles. The van der Waals surface area contributed by atoms with E-state index in [0.717, 1.165) is 17.3 Å². The Bertz CT molecular complexity index is 1370. The van der Waals surface area contributed by atoms with Crippen molar-refractivity contribution in [2.45, 2.75) is 23.7 Å². The van der Waals surface area contributed by atoms with Gasteiger partial charge in [0.05, 0.1) is 11.3 Å². The maximum absolute atomic E-state index is 13.2. The number of nitrogens with one attached hydrogen (secondary N) is 1. The number of thioether (sulfide) groups is 1. The summed E-state index contributed by atoms with van der Waals surface area (Å²) in [6.07, 6.45) is 0.478. The summed E-state index contributed by atoms with van der Waals surface area (Å²) in [5.41, 5.74) is -2.03. The van der Waals surface area contributed by atoms with E-state index in [1.165, 1.54) is 53.4 Å². The molecule has 1 aliphatic heterocycles. The Morgan fingerprint density at radius 1 is 1.08 bits per heavy atom. The van der Waals surface area contributed by atoms with Gasteiger partial charge in [-0.3, -0.25) is 14.5 Å². The quantitative estimate of drug-likeness (QED) is 0.315. The van der Waals surface area contributed by atoms with Crippen LogP contribution in [-0.4, -0.2) is 50.3 Å². The molecule has 4 rings (SSSR count). The number of carbonyl (C=O) groups excluding carboxylic acids is 2. The molecule has 3 aromatic rings. The van der Waals surface area contributed by atoms with Crippen LogP contribution in [0.2, 0.25) is 0 Å². The molecular weight excluding hydrogens is 552 g/mol. The van der Waals surface area contributed by atoms with Crippen molar-refractivity contribution in [2.75, 3.05) is 11.9 Å². The number of nitrogens with zero attached hydrogens (tertiary/aromatic N) is 2. The van der Waals surface area contributed by atoms with Gasteiger partial charge in [-0.15, -0.1) is 8.78 Å². The van der Waals surface area contributed by atoms with Crippen LogP contribution in [0.15, 0.2) is 83.9 Å². The van der Waals surface area contributed by atoms with Gasteiger partial charge in [0.15, 0.2) is 5.17 Å². The van der Waals surface area contributed by atoms with Crippen molar-refractivity contribution in [3.05, 3.63) is 90.0 Å². The van der Waals surface area contributed by atoms with Gasteiger partial charge in [-0.05, 0) is 60.5 Å². The van der Waals surface area contributed by atoms with Crippen LogP contribution in [0.4, 0.5) is 20.2 Å². The monoisotopic (exact) mass is 573 g/mol. The smallest absolute Gasteiger partial charge is 0.478 e. The van der Waals surface area contributed by atoms with Crippen LogP contribution in [0.1, 0.15) is 22.3 Å². The Morgan fingerprint density at radius 2 is 1.74 bits per heavy atom. The molecule has 0 saturated carbocycles. The van der Waals surface area contributed by atoms with E-state index in [-0.39, 0.29) is 28.8 Å². The van der Waals surface area contributed by atoms with E-state index >= 15 is 0 Å². The Hall–Kier alpha value is -3.96. The van der Waals surface area contributed by atoms with Gasteiger partial charge in [0.25, 0.3) is 0 Å². The van der Waals surface area contributed by atoms with E-state index in [2.05, 4.69) is 15.0 Å². The van der Waals surface area contributed by atoms with Crippen molar-refractivity contribution in [3.63, 3.8) is 0 Å². The molecule has 0 radical (unpaired) electrons. The Kier molecular flexibility index (Phi) is 8.82. The molecule has 202 valence electrons. The van der Waals surface area contributed by atoms with Crippen LogP contribution in [0.25, 0.3) is 0 Å². The summed E-state index contributed by atoms with van der Waals surface area (Å²) < 4.78 is 30.2. The van der Waals surface area contributed by atoms with E-state index < -0.39 is 22.7 Å². The van der Waals surface area contributed by atoms with Gasteiger partial charge in [0, 0.05) is 30.3 Å². The van der Waals surface area contributed by atoms with Crippen molar-refractivity contribution < 1.29 is 33.0 Å². The third-order valence-corrected chi connectivity index (χ3v) is 6.86. The average molecular weight is 574 g/mol. The summed E-state index contributed by atoms with van der Waals surface area (Å²) in [5, 5.41) is 11.2. The molecule has 1 heterocycles. The summed E-state index contributed by atoms with van der Waals surface area (Å²) in [7, 11) is 0. The van der Waals surface area contributed by atoms with Crippen molar-refractivity contribution >= 4 is 57.7 Å². The summed E-state index contributed by atoms with van der Waals surface area (Å²) in [6, 6.07) is 20.6. The lowest BCUT2D eigenvalue weighted by Gasteiger charge is -2.32. The van der Waals surface area contributed by atoms with E-state index in [4.69, 9.17) is 16.7 Å². The topological polar surface area (TPSA) is 108 Å². The molecule has 2 N–H and O–H groups in total. The van der Waals surface area contributed by atoms with E-state index in [9.17, 15) is 23.2 Å². The maximum atomic E-state index is 13.2. The molecule has 0 unspecified atom stereocenters. The number of hydrogen-bond donors (Lipinski definition) is 2. The van der Waals surface area contributed by atoms with Gasteiger partial charge < -0.3 is 15.2 Å². The van der Waals surface area contributed by atoms with Crippen molar-refractivity contribution in [2.24, 2.45) is 4.99 Å². The summed E-state index contributed by atoms with van der Waals surface area (Å²) in [4.78, 5) is 43.3. The highest BCUT2D eigenvalue weighted by Gasteiger charge is 2.36. The molecule has 0 spiro atoms. The highest BCUT2D eigenvalue weighted by molar-refractivity contribution is 8.15. The number of alkyl halides is 3. The Labute approximate surface area is 231 Å². The number of amides is 2. The molecule has 1 saturated heterocycles.